The van der Waals surface area contributed by atoms with Gasteiger partial charge in [-0.05, 0) is 25.4 Å². The fraction of sp³-hybridized carbons (Fsp3) is 0.643. The number of nitrogens with two attached hydrogens (primary N) is 2. The molecule has 8 N–H and O–H groups in total. The number of primary amides is 1. The molecular formula is C14H25N5O6S. The maximum atomic E-state index is 12.2. The molecule has 3 unspecified atom stereocenters. The van der Waals surface area contributed by atoms with Gasteiger partial charge in [-0.25, -0.2) is 4.79 Å². The molecule has 0 rings (SSSR count). The second-order valence-electron chi connectivity index (χ2n) is 5.41. The van der Waals surface area contributed by atoms with Crippen LogP contribution in [0.3, 0.4) is 0 Å². The first kappa shape index (κ1) is 23.7. The Balaban J connectivity index is 4.85. The lowest BCUT2D eigenvalue weighted by Gasteiger charge is -2.21. The summed E-state index contributed by atoms with van der Waals surface area (Å²) in [6.45, 7) is 0.946. The topological polar surface area (TPSA) is 194 Å². The molecule has 3 atom stereocenters. The van der Waals surface area contributed by atoms with Crippen molar-refractivity contribution in [2.45, 2.75) is 37.9 Å². The zero-order chi connectivity index (χ0) is 20.3. The smallest absolute Gasteiger partial charge is 0.326 e. The van der Waals surface area contributed by atoms with Crippen LogP contribution in [0.1, 0.15) is 19.8 Å². The van der Waals surface area contributed by atoms with Crippen LogP contribution in [0.15, 0.2) is 0 Å². The lowest BCUT2D eigenvalue weighted by atomic mass is 10.1. The van der Waals surface area contributed by atoms with Gasteiger partial charge in [0.1, 0.15) is 18.1 Å². The molecule has 0 aromatic carbocycles. The predicted molar refractivity (Wildman–Crippen MR) is 95.0 cm³/mol. The third kappa shape index (κ3) is 9.22. The molecule has 0 aliphatic carbocycles. The van der Waals surface area contributed by atoms with Crippen LogP contribution in [-0.4, -0.2) is 71.4 Å². The van der Waals surface area contributed by atoms with Crippen molar-refractivity contribution < 1.29 is 29.1 Å². The van der Waals surface area contributed by atoms with Crippen LogP contribution >= 0.6 is 11.8 Å². The van der Waals surface area contributed by atoms with E-state index in [4.69, 9.17) is 16.6 Å². The van der Waals surface area contributed by atoms with E-state index in [0.29, 0.717) is 5.75 Å². The van der Waals surface area contributed by atoms with Crippen molar-refractivity contribution >= 4 is 41.4 Å². The van der Waals surface area contributed by atoms with E-state index in [2.05, 4.69) is 16.0 Å². The average molecular weight is 391 g/mol. The summed E-state index contributed by atoms with van der Waals surface area (Å²) in [5, 5.41) is 16.0. The summed E-state index contributed by atoms with van der Waals surface area (Å²) in [5.41, 5.74) is 10.2. The van der Waals surface area contributed by atoms with Crippen LogP contribution in [0.4, 0.5) is 0 Å². The second-order valence-corrected chi connectivity index (χ2v) is 6.39. The molecule has 26 heavy (non-hydrogen) atoms. The SMILES string of the molecule is CSCCC(NC(=O)C(C)NC(=O)C(CC(N)=O)NC(=O)CN)C(=O)O. The van der Waals surface area contributed by atoms with E-state index in [0.717, 1.165) is 0 Å². The summed E-state index contributed by atoms with van der Waals surface area (Å²) in [4.78, 5) is 57.8. The van der Waals surface area contributed by atoms with Crippen LogP contribution in [0.25, 0.3) is 0 Å². The Morgan fingerprint density at radius 3 is 2.12 bits per heavy atom. The maximum Gasteiger partial charge on any atom is 0.326 e. The van der Waals surface area contributed by atoms with Gasteiger partial charge >= 0.3 is 5.97 Å². The molecule has 0 aromatic rings. The summed E-state index contributed by atoms with van der Waals surface area (Å²) in [6.07, 6.45) is 1.55. The number of carboxylic acids is 1. The summed E-state index contributed by atoms with van der Waals surface area (Å²) in [7, 11) is 0. The van der Waals surface area contributed by atoms with Gasteiger partial charge in [0, 0.05) is 0 Å². The van der Waals surface area contributed by atoms with Crippen LogP contribution in [0.2, 0.25) is 0 Å². The largest absolute Gasteiger partial charge is 0.480 e. The minimum atomic E-state index is -1.29. The maximum absolute atomic E-state index is 12.2. The molecule has 11 nitrogen and oxygen atoms in total. The molecule has 0 aromatic heterocycles. The molecule has 4 amide bonds. The minimum absolute atomic E-state index is 0.222. The van der Waals surface area contributed by atoms with E-state index >= 15 is 0 Å². The summed E-state index contributed by atoms with van der Waals surface area (Å²) >= 11 is 1.43. The molecule has 12 heteroatoms. The first-order valence-electron chi connectivity index (χ1n) is 7.72. The van der Waals surface area contributed by atoms with E-state index in [1.165, 1.54) is 18.7 Å². The molecule has 0 saturated heterocycles. The molecule has 0 saturated carbocycles. The standard InChI is InChI=1S/C14H25N5O6S/c1-7(12(22)19-8(14(24)25)3-4-26-2)17-13(23)9(5-10(16)20)18-11(21)6-15/h7-9H,3-6,15H2,1-2H3,(H2,16,20)(H,17,23)(H,18,21)(H,19,22)(H,24,25). The van der Waals surface area contributed by atoms with Crippen molar-refractivity contribution in [3.63, 3.8) is 0 Å². The molecule has 0 bridgehead atoms. The lowest BCUT2D eigenvalue weighted by Crippen LogP contribution is -2.56. The number of nitrogens with one attached hydrogen (secondary N) is 3. The van der Waals surface area contributed by atoms with Gasteiger partial charge in [0.15, 0.2) is 0 Å². The number of amides is 4. The Morgan fingerprint density at radius 1 is 1.04 bits per heavy atom. The molecule has 0 radical (unpaired) electrons. The van der Waals surface area contributed by atoms with Crippen LogP contribution in [-0.2, 0) is 24.0 Å². The number of carbonyl (C=O) groups is 5. The van der Waals surface area contributed by atoms with Crippen LogP contribution in [0.5, 0.6) is 0 Å². The van der Waals surface area contributed by atoms with Gasteiger partial charge in [0.05, 0.1) is 13.0 Å². The number of carbonyl (C=O) groups excluding carboxylic acids is 4. The lowest BCUT2D eigenvalue weighted by molar-refractivity contribution is -0.142. The number of aliphatic carboxylic acids is 1. The number of rotatable bonds is 12. The number of carboxylic acid groups (broad SMARTS) is 1. The van der Waals surface area contributed by atoms with E-state index < -0.39 is 60.7 Å². The van der Waals surface area contributed by atoms with E-state index in [1.807, 2.05) is 0 Å². The van der Waals surface area contributed by atoms with E-state index in [1.54, 1.807) is 6.26 Å². The molecule has 0 spiro atoms. The molecule has 0 fully saturated rings. The van der Waals surface area contributed by atoms with Gasteiger partial charge in [-0.1, -0.05) is 0 Å². The fourth-order valence-corrected chi connectivity index (χ4v) is 2.30. The number of hydrogen-bond donors (Lipinski definition) is 6. The van der Waals surface area contributed by atoms with Crippen LogP contribution < -0.4 is 27.4 Å². The first-order valence-corrected chi connectivity index (χ1v) is 9.11. The Morgan fingerprint density at radius 2 is 1.65 bits per heavy atom. The molecule has 148 valence electrons. The second kappa shape index (κ2) is 12.1. The van der Waals surface area contributed by atoms with E-state index in [-0.39, 0.29) is 6.42 Å². The first-order chi connectivity index (χ1) is 12.1. The monoisotopic (exact) mass is 391 g/mol. The average Bonchev–Trinajstić information content (AvgIpc) is 2.56. The van der Waals surface area contributed by atoms with Gasteiger partial charge in [-0.15, -0.1) is 0 Å². The Bertz CT molecular complexity index is 544. The van der Waals surface area contributed by atoms with Crippen molar-refractivity contribution in [2.75, 3.05) is 18.6 Å². The zero-order valence-corrected chi connectivity index (χ0v) is 15.4. The van der Waals surface area contributed by atoms with Gasteiger partial charge in [0.2, 0.25) is 23.6 Å². The quantitative estimate of drug-likeness (QED) is 0.204. The minimum Gasteiger partial charge on any atom is -0.480 e. The summed E-state index contributed by atoms with van der Waals surface area (Å²) in [6, 6.07) is -3.47. The number of hydrogen-bond acceptors (Lipinski definition) is 7. The van der Waals surface area contributed by atoms with Crippen LogP contribution in [0, 0.1) is 0 Å². The highest BCUT2D eigenvalue weighted by Gasteiger charge is 2.27. The molecule has 0 aliphatic rings. The summed E-state index contributed by atoms with van der Waals surface area (Å²) < 4.78 is 0. The van der Waals surface area contributed by atoms with Crippen molar-refractivity contribution in [2.24, 2.45) is 11.5 Å². The molecule has 0 heterocycles. The molecular weight excluding hydrogens is 366 g/mol. The molecule has 0 aliphatic heterocycles. The highest BCUT2D eigenvalue weighted by atomic mass is 32.2. The van der Waals surface area contributed by atoms with Crippen molar-refractivity contribution in [3.05, 3.63) is 0 Å². The Hall–Kier alpha value is -2.34. The van der Waals surface area contributed by atoms with Crippen molar-refractivity contribution in [3.8, 4) is 0 Å². The van der Waals surface area contributed by atoms with Crippen molar-refractivity contribution in [1.29, 1.82) is 0 Å². The predicted octanol–water partition coefficient (Wildman–Crippen LogP) is -2.87. The normalized spacial score (nSPS) is 13.8. The van der Waals surface area contributed by atoms with Gasteiger partial charge in [0.25, 0.3) is 0 Å². The summed E-state index contributed by atoms with van der Waals surface area (Å²) in [5.74, 6) is -3.69. The van der Waals surface area contributed by atoms with Gasteiger partial charge in [-0.3, -0.25) is 19.2 Å². The van der Waals surface area contributed by atoms with Gasteiger partial charge < -0.3 is 32.5 Å². The van der Waals surface area contributed by atoms with Crippen molar-refractivity contribution in [1.82, 2.24) is 16.0 Å². The van der Waals surface area contributed by atoms with Gasteiger partial charge in [-0.2, -0.15) is 11.8 Å². The third-order valence-electron chi connectivity index (χ3n) is 3.22. The number of thioether (sulfide) groups is 1. The Labute approximate surface area is 155 Å². The Kier molecular flexibility index (Phi) is 11.0. The fourth-order valence-electron chi connectivity index (χ4n) is 1.83. The third-order valence-corrected chi connectivity index (χ3v) is 3.86. The van der Waals surface area contributed by atoms with E-state index in [9.17, 15) is 24.0 Å². The highest BCUT2D eigenvalue weighted by molar-refractivity contribution is 7.98. The highest BCUT2D eigenvalue weighted by Crippen LogP contribution is 2.02. The zero-order valence-electron chi connectivity index (χ0n) is 14.6.